The minimum absolute atomic E-state index is 0.0614. The molecule has 0 saturated carbocycles. The predicted molar refractivity (Wildman–Crippen MR) is 115 cm³/mol. The average molecular weight is 394 g/mol. The zero-order valence-corrected chi connectivity index (χ0v) is 16.9. The zero-order chi connectivity index (χ0) is 21.1. The first-order valence-electron chi connectivity index (χ1n) is 9.70. The molecule has 0 spiro atoms. The topological polar surface area (TPSA) is 99.1 Å². The molecular formula is C22H26N4O3. The molecule has 0 aliphatic rings. The average Bonchev–Trinajstić information content (AvgIpc) is 2.73. The number of rotatable bonds is 7. The maximum atomic E-state index is 12.8. The molecule has 0 unspecified atom stereocenters. The Balaban J connectivity index is 1.88. The van der Waals surface area contributed by atoms with Gasteiger partial charge in [0.05, 0.1) is 6.54 Å². The number of nitrogens with two attached hydrogens (primary N) is 1. The monoisotopic (exact) mass is 394 g/mol. The summed E-state index contributed by atoms with van der Waals surface area (Å²) in [5.41, 5.74) is 5.78. The number of aromatic nitrogens is 2. The van der Waals surface area contributed by atoms with Gasteiger partial charge in [0.25, 0.3) is 5.56 Å². The summed E-state index contributed by atoms with van der Waals surface area (Å²) in [7, 11) is 1.36. The lowest BCUT2D eigenvalue weighted by molar-refractivity contribution is 0.0986. The van der Waals surface area contributed by atoms with Crippen LogP contribution < -0.4 is 22.3 Å². The molecular weight excluding hydrogens is 368 g/mol. The van der Waals surface area contributed by atoms with Gasteiger partial charge in [0.1, 0.15) is 11.4 Å². The highest BCUT2D eigenvalue weighted by Gasteiger charge is 2.21. The number of ketones is 1. The second-order valence-corrected chi connectivity index (χ2v) is 7.15. The van der Waals surface area contributed by atoms with Crippen LogP contribution in [0.4, 0.5) is 5.82 Å². The van der Waals surface area contributed by atoms with Crippen molar-refractivity contribution in [2.24, 2.45) is 7.05 Å². The van der Waals surface area contributed by atoms with Crippen LogP contribution >= 0.6 is 0 Å². The van der Waals surface area contributed by atoms with Gasteiger partial charge in [-0.25, -0.2) is 4.79 Å². The molecule has 29 heavy (non-hydrogen) atoms. The van der Waals surface area contributed by atoms with Crippen LogP contribution in [0.5, 0.6) is 0 Å². The van der Waals surface area contributed by atoms with Crippen molar-refractivity contribution < 1.29 is 4.79 Å². The van der Waals surface area contributed by atoms with E-state index in [-0.39, 0.29) is 24.0 Å². The van der Waals surface area contributed by atoms with Gasteiger partial charge in [0, 0.05) is 19.6 Å². The van der Waals surface area contributed by atoms with E-state index in [1.54, 1.807) is 0 Å². The molecule has 2 aromatic carbocycles. The van der Waals surface area contributed by atoms with Crippen molar-refractivity contribution in [1.82, 2.24) is 14.5 Å². The van der Waals surface area contributed by atoms with Gasteiger partial charge in [-0.15, -0.1) is 0 Å². The minimum atomic E-state index is -0.663. The molecule has 0 saturated heterocycles. The summed E-state index contributed by atoms with van der Waals surface area (Å²) in [6, 6.07) is 14.0. The highest BCUT2D eigenvalue weighted by Crippen LogP contribution is 2.24. The third-order valence-electron chi connectivity index (χ3n) is 5.17. The Kier molecular flexibility index (Phi) is 5.98. The second-order valence-electron chi connectivity index (χ2n) is 7.15. The summed E-state index contributed by atoms with van der Waals surface area (Å²) >= 11 is 0. The Morgan fingerprint density at radius 3 is 2.55 bits per heavy atom. The molecule has 0 radical (unpaired) electrons. The maximum absolute atomic E-state index is 12.8. The van der Waals surface area contributed by atoms with Gasteiger partial charge in [-0.05, 0) is 29.7 Å². The third kappa shape index (κ3) is 3.86. The van der Waals surface area contributed by atoms with E-state index in [1.165, 1.54) is 11.6 Å². The molecule has 1 heterocycles. The van der Waals surface area contributed by atoms with Crippen LogP contribution in [-0.2, 0) is 13.6 Å². The SMILES string of the molecule is CCCn1c(N)c(C(=O)CN[C@@H](C)c2cccc3ccccc23)c(=O)n(C)c1=O. The van der Waals surface area contributed by atoms with E-state index in [4.69, 9.17) is 5.73 Å². The van der Waals surface area contributed by atoms with Crippen molar-refractivity contribution >= 4 is 22.4 Å². The first-order chi connectivity index (χ1) is 13.9. The van der Waals surface area contributed by atoms with Gasteiger partial charge in [-0.3, -0.25) is 18.7 Å². The van der Waals surface area contributed by atoms with Gasteiger partial charge in [0.2, 0.25) is 0 Å². The molecule has 0 amide bonds. The van der Waals surface area contributed by atoms with E-state index >= 15 is 0 Å². The number of hydrogen-bond donors (Lipinski definition) is 2. The fourth-order valence-corrected chi connectivity index (χ4v) is 3.56. The van der Waals surface area contributed by atoms with Crippen LogP contribution in [0.25, 0.3) is 10.8 Å². The summed E-state index contributed by atoms with van der Waals surface area (Å²) in [5, 5.41) is 5.41. The number of anilines is 1. The molecule has 0 aliphatic heterocycles. The van der Waals surface area contributed by atoms with E-state index < -0.39 is 17.0 Å². The first-order valence-corrected chi connectivity index (χ1v) is 9.70. The van der Waals surface area contributed by atoms with E-state index in [0.29, 0.717) is 13.0 Å². The molecule has 1 aromatic heterocycles. The van der Waals surface area contributed by atoms with Crippen molar-refractivity contribution in [1.29, 1.82) is 0 Å². The van der Waals surface area contributed by atoms with Gasteiger partial charge >= 0.3 is 5.69 Å². The maximum Gasteiger partial charge on any atom is 0.332 e. The minimum Gasteiger partial charge on any atom is -0.384 e. The number of Topliss-reactive ketones (excluding diaryl/α,β-unsaturated/α-hetero) is 1. The van der Waals surface area contributed by atoms with Crippen LogP contribution in [-0.4, -0.2) is 21.5 Å². The van der Waals surface area contributed by atoms with Crippen LogP contribution in [0.15, 0.2) is 52.1 Å². The highest BCUT2D eigenvalue weighted by molar-refractivity contribution is 6.01. The van der Waals surface area contributed by atoms with Crippen molar-refractivity contribution in [3.05, 3.63) is 74.4 Å². The fraction of sp³-hybridized carbons (Fsp3) is 0.318. The Morgan fingerprint density at radius 1 is 1.14 bits per heavy atom. The molecule has 0 fully saturated rings. The Bertz CT molecular complexity index is 1170. The number of fused-ring (bicyclic) bond motifs is 1. The normalized spacial score (nSPS) is 12.2. The number of hydrogen-bond acceptors (Lipinski definition) is 5. The molecule has 0 aliphatic carbocycles. The fourth-order valence-electron chi connectivity index (χ4n) is 3.56. The summed E-state index contributed by atoms with van der Waals surface area (Å²) in [6.45, 7) is 4.15. The number of carbonyl (C=O) groups is 1. The number of nitrogen functional groups attached to an aromatic ring is 1. The van der Waals surface area contributed by atoms with Gasteiger partial charge in [-0.1, -0.05) is 49.4 Å². The largest absolute Gasteiger partial charge is 0.384 e. The lowest BCUT2D eigenvalue weighted by Gasteiger charge is -2.17. The van der Waals surface area contributed by atoms with Crippen LogP contribution in [0, 0.1) is 0 Å². The predicted octanol–water partition coefficient (Wildman–Crippen LogP) is 2.23. The second kappa shape index (κ2) is 8.45. The Hall–Kier alpha value is -3.19. The molecule has 3 N–H and O–H groups in total. The van der Waals surface area contributed by atoms with Crippen LogP contribution in [0.1, 0.15) is 42.2 Å². The van der Waals surface area contributed by atoms with Gasteiger partial charge in [-0.2, -0.15) is 0 Å². The lowest BCUT2D eigenvalue weighted by Crippen LogP contribution is -2.43. The van der Waals surface area contributed by atoms with E-state index in [1.807, 2.05) is 56.3 Å². The summed E-state index contributed by atoms with van der Waals surface area (Å²) in [6.07, 6.45) is 0.659. The van der Waals surface area contributed by atoms with Crippen LogP contribution in [0.2, 0.25) is 0 Å². The summed E-state index contributed by atoms with van der Waals surface area (Å²) in [4.78, 5) is 37.6. The quantitative estimate of drug-likeness (QED) is 0.599. The zero-order valence-electron chi connectivity index (χ0n) is 16.9. The summed E-state index contributed by atoms with van der Waals surface area (Å²) in [5.74, 6) is -0.496. The van der Waals surface area contributed by atoms with E-state index in [0.717, 1.165) is 20.9 Å². The molecule has 7 heteroatoms. The molecule has 152 valence electrons. The molecule has 3 rings (SSSR count). The highest BCUT2D eigenvalue weighted by atomic mass is 16.2. The molecule has 0 bridgehead atoms. The van der Waals surface area contributed by atoms with Crippen molar-refractivity contribution in [2.75, 3.05) is 12.3 Å². The Labute approximate surface area is 168 Å². The molecule has 3 aromatic rings. The number of nitrogens with zero attached hydrogens (tertiary/aromatic N) is 2. The number of benzene rings is 2. The molecule has 1 atom stereocenters. The van der Waals surface area contributed by atoms with Gasteiger partial charge in [0.15, 0.2) is 5.78 Å². The standard InChI is InChI=1S/C22H26N4O3/c1-4-12-26-20(23)19(21(28)25(3)22(26)29)18(27)13-24-14(2)16-11-7-9-15-8-5-6-10-17(15)16/h5-11,14,24H,4,12-13,23H2,1-3H3/t14-/m0/s1. The van der Waals surface area contributed by atoms with E-state index in [2.05, 4.69) is 5.32 Å². The van der Waals surface area contributed by atoms with Gasteiger partial charge < -0.3 is 11.1 Å². The van der Waals surface area contributed by atoms with Crippen molar-refractivity contribution in [3.8, 4) is 0 Å². The number of carbonyl (C=O) groups excluding carboxylic acids is 1. The third-order valence-corrected chi connectivity index (χ3v) is 5.17. The van der Waals surface area contributed by atoms with Crippen molar-refractivity contribution in [2.45, 2.75) is 32.9 Å². The van der Waals surface area contributed by atoms with Crippen LogP contribution in [0.3, 0.4) is 0 Å². The summed E-state index contributed by atoms with van der Waals surface area (Å²) < 4.78 is 2.22. The van der Waals surface area contributed by atoms with Crippen molar-refractivity contribution in [3.63, 3.8) is 0 Å². The smallest absolute Gasteiger partial charge is 0.332 e. The molecule has 7 nitrogen and oxygen atoms in total. The number of nitrogens with one attached hydrogen (secondary N) is 1. The first kappa shape index (κ1) is 20.5. The van der Waals surface area contributed by atoms with E-state index in [9.17, 15) is 14.4 Å². The lowest BCUT2D eigenvalue weighted by atomic mass is 9.99. The Morgan fingerprint density at radius 2 is 1.83 bits per heavy atom.